The number of nitrogens with zero attached hydrogens (tertiary/aromatic N) is 7. The van der Waals surface area contributed by atoms with Crippen LogP contribution in [0.4, 0.5) is 0 Å². The lowest BCUT2D eigenvalue weighted by Gasteiger charge is -2.38. The number of carbonyl (C=O) groups excluding carboxylic acids is 1. The number of likely N-dealkylation sites (tertiary alicyclic amines) is 1. The van der Waals surface area contributed by atoms with Crippen molar-refractivity contribution in [3.05, 3.63) is 39.9 Å². The molecule has 0 aromatic carbocycles. The molecule has 1 unspecified atom stereocenters. The lowest BCUT2D eigenvalue weighted by molar-refractivity contribution is -0.131. The van der Waals surface area contributed by atoms with Gasteiger partial charge in [0.15, 0.2) is 5.82 Å². The summed E-state index contributed by atoms with van der Waals surface area (Å²) in [7, 11) is 1.96. The summed E-state index contributed by atoms with van der Waals surface area (Å²) in [4.78, 5) is 31.3. The molecule has 9 nitrogen and oxygen atoms in total. The quantitative estimate of drug-likeness (QED) is 0.667. The van der Waals surface area contributed by atoms with Crippen molar-refractivity contribution in [1.82, 2.24) is 34.3 Å². The van der Waals surface area contributed by atoms with Gasteiger partial charge >= 0.3 is 0 Å². The van der Waals surface area contributed by atoms with Gasteiger partial charge in [0.05, 0.1) is 12.2 Å². The molecule has 32 heavy (non-hydrogen) atoms. The Hall–Kier alpha value is -2.52. The molecule has 1 amide bonds. The second kappa shape index (κ2) is 9.95. The molecule has 0 bridgehead atoms. The third-order valence-electron chi connectivity index (χ3n) is 6.76. The van der Waals surface area contributed by atoms with E-state index in [9.17, 15) is 9.59 Å². The van der Waals surface area contributed by atoms with E-state index in [2.05, 4.69) is 20.0 Å². The summed E-state index contributed by atoms with van der Waals surface area (Å²) in [5, 5.41) is 9.02. The molecule has 2 aromatic rings. The van der Waals surface area contributed by atoms with Crippen molar-refractivity contribution in [3.8, 4) is 5.82 Å². The van der Waals surface area contributed by atoms with Crippen molar-refractivity contribution in [3.63, 3.8) is 0 Å². The third kappa shape index (κ3) is 5.27. The highest BCUT2D eigenvalue weighted by Crippen LogP contribution is 2.18. The summed E-state index contributed by atoms with van der Waals surface area (Å²) in [5.74, 6) is 0.953. The van der Waals surface area contributed by atoms with Gasteiger partial charge in [-0.25, -0.2) is 9.36 Å². The Morgan fingerprint density at radius 1 is 0.969 bits per heavy atom. The summed E-state index contributed by atoms with van der Waals surface area (Å²) in [6.07, 6.45) is 3.94. The van der Waals surface area contributed by atoms with Crippen LogP contribution in [-0.4, -0.2) is 92.5 Å². The fourth-order valence-electron chi connectivity index (χ4n) is 4.75. The molecule has 0 aliphatic carbocycles. The molecule has 2 saturated heterocycles. The van der Waals surface area contributed by atoms with Crippen LogP contribution in [0.2, 0.25) is 0 Å². The monoisotopic (exact) mass is 441 g/mol. The normalized spacial score (nSPS) is 21.2. The minimum atomic E-state index is -0.0880. The first-order chi connectivity index (χ1) is 15.4. The van der Waals surface area contributed by atoms with Crippen LogP contribution in [0, 0.1) is 13.8 Å². The van der Waals surface area contributed by atoms with E-state index in [1.165, 1.54) is 0 Å². The number of carbonyl (C=O) groups is 1. The van der Waals surface area contributed by atoms with Gasteiger partial charge in [-0.05, 0) is 38.8 Å². The Bertz CT molecular complexity index is 990. The minimum Gasteiger partial charge on any atom is -0.341 e. The van der Waals surface area contributed by atoms with Crippen LogP contribution in [0.1, 0.15) is 37.1 Å². The van der Waals surface area contributed by atoms with Gasteiger partial charge in [0.1, 0.15) is 0 Å². The van der Waals surface area contributed by atoms with Crippen molar-refractivity contribution < 1.29 is 4.79 Å². The Kier molecular flexibility index (Phi) is 7.05. The SMILES string of the molecule is Cc1cc(C)n(-c2ccc(=O)n(CCN3CCN(CC4CCCCC(=O)N4C)CC3)n2)n1. The fourth-order valence-corrected chi connectivity index (χ4v) is 4.75. The van der Waals surface area contributed by atoms with E-state index in [4.69, 9.17) is 0 Å². The highest BCUT2D eigenvalue weighted by molar-refractivity contribution is 5.76. The number of amides is 1. The summed E-state index contributed by atoms with van der Waals surface area (Å²) in [6.45, 7) is 10.2. The van der Waals surface area contributed by atoms with Crippen LogP contribution >= 0.6 is 0 Å². The molecule has 0 radical (unpaired) electrons. The number of hydrogen-bond donors (Lipinski definition) is 0. The highest BCUT2D eigenvalue weighted by atomic mass is 16.2. The number of rotatable bonds is 6. The Balaban J connectivity index is 1.30. The van der Waals surface area contributed by atoms with Gasteiger partial charge in [-0.15, -0.1) is 5.10 Å². The van der Waals surface area contributed by atoms with Crippen LogP contribution in [0.3, 0.4) is 0 Å². The maximum absolute atomic E-state index is 12.3. The zero-order valence-corrected chi connectivity index (χ0v) is 19.5. The van der Waals surface area contributed by atoms with Gasteiger partial charge in [0, 0.05) is 70.5 Å². The van der Waals surface area contributed by atoms with Gasteiger partial charge in [-0.3, -0.25) is 19.4 Å². The molecule has 9 heteroatoms. The van der Waals surface area contributed by atoms with Gasteiger partial charge in [-0.2, -0.15) is 5.10 Å². The van der Waals surface area contributed by atoms with Crippen LogP contribution in [0.5, 0.6) is 0 Å². The molecule has 0 N–H and O–H groups in total. The maximum atomic E-state index is 12.3. The molecule has 4 heterocycles. The smallest absolute Gasteiger partial charge is 0.266 e. The van der Waals surface area contributed by atoms with Crippen molar-refractivity contribution in [1.29, 1.82) is 0 Å². The first kappa shape index (κ1) is 22.7. The van der Waals surface area contributed by atoms with Crippen LogP contribution in [0.25, 0.3) is 5.82 Å². The summed E-state index contributed by atoms with van der Waals surface area (Å²) in [5.41, 5.74) is 1.84. The van der Waals surface area contributed by atoms with E-state index in [1.807, 2.05) is 31.9 Å². The largest absolute Gasteiger partial charge is 0.341 e. The van der Waals surface area contributed by atoms with E-state index in [0.29, 0.717) is 24.8 Å². The van der Waals surface area contributed by atoms with Crippen molar-refractivity contribution in [2.45, 2.75) is 52.1 Å². The standard InChI is InChI=1S/C23H35N7O2/c1-18-16-19(2)30(24-18)21-8-9-23(32)29(25-21)15-14-27-10-12-28(13-11-27)17-20-6-4-5-7-22(31)26(20)3/h8-9,16,20H,4-7,10-15,17H2,1-3H3. The van der Waals surface area contributed by atoms with Crippen LogP contribution in [-0.2, 0) is 11.3 Å². The molecule has 4 rings (SSSR count). The second-order valence-corrected chi connectivity index (χ2v) is 9.14. The Morgan fingerprint density at radius 2 is 1.72 bits per heavy atom. The van der Waals surface area contributed by atoms with E-state index in [1.54, 1.807) is 21.5 Å². The summed E-state index contributed by atoms with van der Waals surface area (Å²) >= 11 is 0. The number of hydrogen-bond acceptors (Lipinski definition) is 6. The number of likely N-dealkylation sites (N-methyl/N-ethyl adjacent to an activating group) is 1. The number of aromatic nitrogens is 4. The summed E-state index contributed by atoms with van der Waals surface area (Å²) in [6, 6.07) is 5.63. The number of piperazine rings is 1. The molecule has 1 atom stereocenters. The van der Waals surface area contributed by atoms with Gasteiger partial charge < -0.3 is 4.90 Å². The lowest BCUT2D eigenvalue weighted by atomic mass is 10.1. The van der Waals surface area contributed by atoms with Gasteiger partial charge in [-0.1, -0.05) is 6.42 Å². The topological polar surface area (TPSA) is 79.5 Å². The molecule has 0 saturated carbocycles. The van der Waals surface area contributed by atoms with Crippen molar-refractivity contribution in [2.75, 3.05) is 46.3 Å². The highest BCUT2D eigenvalue weighted by Gasteiger charge is 2.26. The molecule has 2 fully saturated rings. The van der Waals surface area contributed by atoms with E-state index < -0.39 is 0 Å². The molecular formula is C23H35N7O2. The molecule has 174 valence electrons. The average Bonchev–Trinajstić information content (AvgIpc) is 3.04. The van der Waals surface area contributed by atoms with Gasteiger partial charge in [0.2, 0.25) is 5.91 Å². The van der Waals surface area contributed by atoms with Crippen molar-refractivity contribution in [2.24, 2.45) is 0 Å². The van der Waals surface area contributed by atoms with Crippen LogP contribution < -0.4 is 5.56 Å². The second-order valence-electron chi connectivity index (χ2n) is 9.14. The zero-order chi connectivity index (χ0) is 22.7. The predicted octanol–water partition coefficient (Wildman–Crippen LogP) is 1.06. The van der Waals surface area contributed by atoms with E-state index >= 15 is 0 Å². The predicted molar refractivity (Wildman–Crippen MR) is 123 cm³/mol. The van der Waals surface area contributed by atoms with E-state index in [-0.39, 0.29) is 11.5 Å². The van der Waals surface area contributed by atoms with E-state index in [0.717, 1.165) is 69.9 Å². The summed E-state index contributed by atoms with van der Waals surface area (Å²) < 4.78 is 3.32. The van der Waals surface area contributed by atoms with Crippen molar-refractivity contribution >= 4 is 5.91 Å². The fraction of sp³-hybridized carbons (Fsp3) is 0.652. The Morgan fingerprint density at radius 3 is 2.44 bits per heavy atom. The maximum Gasteiger partial charge on any atom is 0.266 e. The number of aryl methyl sites for hydroxylation is 2. The molecule has 2 aliphatic heterocycles. The van der Waals surface area contributed by atoms with Crippen LogP contribution in [0.15, 0.2) is 23.0 Å². The average molecular weight is 442 g/mol. The lowest BCUT2D eigenvalue weighted by Crippen LogP contribution is -2.52. The molecule has 2 aromatic heterocycles. The molecule has 0 spiro atoms. The zero-order valence-electron chi connectivity index (χ0n) is 19.5. The Labute approximate surface area is 189 Å². The molecule has 2 aliphatic rings. The third-order valence-corrected chi connectivity index (χ3v) is 6.76. The minimum absolute atomic E-state index is 0.0880. The first-order valence-electron chi connectivity index (χ1n) is 11.7. The molecular weight excluding hydrogens is 406 g/mol. The van der Waals surface area contributed by atoms with Gasteiger partial charge in [0.25, 0.3) is 5.56 Å². The first-order valence-corrected chi connectivity index (χ1v) is 11.7.